The van der Waals surface area contributed by atoms with Crippen LogP contribution < -0.4 is 15.4 Å². The van der Waals surface area contributed by atoms with Crippen molar-refractivity contribution < 1.29 is 13.2 Å². The number of carbonyl (C=O) groups is 1. The summed E-state index contributed by atoms with van der Waals surface area (Å²) >= 11 is 0. The van der Waals surface area contributed by atoms with Gasteiger partial charge in [0.1, 0.15) is 0 Å². The fraction of sp³-hybridized carbons (Fsp3) is 0.533. The number of piperidine rings is 1. The maximum Gasteiger partial charge on any atom is 0.251 e. The van der Waals surface area contributed by atoms with E-state index in [0.717, 1.165) is 31.5 Å². The molecule has 0 saturated carbocycles. The molecule has 1 aliphatic rings. The van der Waals surface area contributed by atoms with Crippen molar-refractivity contribution in [3.05, 3.63) is 29.3 Å². The molecule has 1 atom stereocenters. The minimum absolute atomic E-state index is 0. The Bertz CT molecular complexity index is 643. The fourth-order valence-corrected chi connectivity index (χ4v) is 3.59. The molecule has 1 amide bonds. The molecule has 8 heteroatoms. The molecular formula is C15H24ClN3O3S. The Morgan fingerprint density at radius 2 is 2.13 bits per heavy atom. The lowest BCUT2D eigenvalue weighted by Crippen LogP contribution is -2.45. The number of hydrogen-bond donors (Lipinski definition) is 3. The number of amides is 1. The van der Waals surface area contributed by atoms with Gasteiger partial charge in [-0.05, 0) is 44.0 Å². The van der Waals surface area contributed by atoms with Gasteiger partial charge in [-0.2, -0.15) is 0 Å². The van der Waals surface area contributed by atoms with Gasteiger partial charge in [0.25, 0.3) is 5.91 Å². The predicted octanol–water partition coefficient (Wildman–Crippen LogP) is 1.20. The molecular weight excluding hydrogens is 338 g/mol. The van der Waals surface area contributed by atoms with Crippen molar-refractivity contribution in [1.82, 2.24) is 15.4 Å². The van der Waals surface area contributed by atoms with E-state index in [1.165, 1.54) is 12.1 Å². The zero-order chi connectivity index (χ0) is 16.2. The summed E-state index contributed by atoms with van der Waals surface area (Å²) < 4.78 is 26.5. The van der Waals surface area contributed by atoms with Gasteiger partial charge in [-0.15, -0.1) is 12.4 Å². The number of carbonyl (C=O) groups excluding carboxylic acids is 1. The van der Waals surface area contributed by atoms with Crippen LogP contribution in [-0.4, -0.2) is 40.0 Å². The summed E-state index contributed by atoms with van der Waals surface area (Å²) in [7, 11) is -3.56. The Morgan fingerprint density at radius 1 is 1.39 bits per heavy atom. The Kier molecular flexibility index (Phi) is 7.47. The second-order valence-electron chi connectivity index (χ2n) is 5.49. The van der Waals surface area contributed by atoms with Gasteiger partial charge in [0, 0.05) is 24.7 Å². The molecule has 1 aromatic carbocycles. The molecule has 0 radical (unpaired) electrons. The van der Waals surface area contributed by atoms with E-state index in [9.17, 15) is 13.2 Å². The van der Waals surface area contributed by atoms with Crippen LogP contribution in [0.5, 0.6) is 0 Å². The maximum absolute atomic E-state index is 12.4. The number of aryl methyl sites for hydroxylation is 1. The SMILES string of the molecule is CCNS(=O)(=O)c1ccc(C)c(C(=O)NC2CCCNC2)c1.Cl. The van der Waals surface area contributed by atoms with Gasteiger partial charge in [0.2, 0.25) is 10.0 Å². The fourth-order valence-electron chi connectivity index (χ4n) is 2.52. The standard InChI is InChI=1S/C15H23N3O3S.ClH/c1-3-17-22(20,21)13-7-6-11(2)14(9-13)15(19)18-12-5-4-8-16-10-12;/h6-7,9,12,16-17H,3-5,8,10H2,1-2H3,(H,18,19);1H. The minimum atomic E-state index is -3.56. The van der Waals surface area contributed by atoms with Gasteiger partial charge in [0.15, 0.2) is 0 Å². The summed E-state index contributed by atoms with van der Waals surface area (Å²) in [5.74, 6) is -0.222. The largest absolute Gasteiger partial charge is 0.348 e. The van der Waals surface area contributed by atoms with Crippen molar-refractivity contribution in [2.24, 2.45) is 0 Å². The lowest BCUT2D eigenvalue weighted by molar-refractivity contribution is 0.0930. The molecule has 0 bridgehead atoms. The molecule has 1 saturated heterocycles. The zero-order valence-electron chi connectivity index (χ0n) is 13.4. The van der Waals surface area contributed by atoms with E-state index in [4.69, 9.17) is 0 Å². The van der Waals surface area contributed by atoms with E-state index in [2.05, 4.69) is 15.4 Å². The Balaban J connectivity index is 0.00000264. The third-order valence-corrected chi connectivity index (χ3v) is 5.27. The monoisotopic (exact) mass is 361 g/mol. The first-order chi connectivity index (χ1) is 10.4. The number of hydrogen-bond acceptors (Lipinski definition) is 4. The molecule has 130 valence electrons. The third kappa shape index (κ3) is 5.17. The van der Waals surface area contributed by atoms with Crippen LogP contribution in [0.2, 0.25) is 0 Å². The average molecular weight is 362 g/mol. The highest BCUT2D eigenvalue weighted by Gasteiger charge is 2.20. The lowest BCUT2D eigenvalue weighted by atomic mass is 10.1. The van der Waals surface area contributed by atoms with Gasteiger partial charge in [-0.3, -0.25) is 4.79 Å². The van der Waals surface area contributed by atoms with E-state index in [1.54, 1.807) is 19.9 Å². The van der Waals surface area contributed by atoms with Crippen LogP contribution in [0.15, 0.2) is 23.1 Å². The average Bonchev–Trinajstić information content (AvgIpc) is 2.48. The smallest absolute Gasteiger partial charge is 0.251 e. The van der Waals surface area contributed by atoms with Gasteiger partial charge in [-0.1, -0.05) is 13.0 Å². The summed E-state index contributed by atoms with van der Waals surface area (Å²) in [6.07, 6.45) is 1.96. The highest BCUT2D eigenvalue weighted by atomic mass is 35.5. The van der Waals surface area contributed by atoms with E-state index >= 15 is 0 Å². The van der Waals surface area contributed by atoms with Gasteiger partial charge in [0.05, 0.1) is 4.90 Å². The third-order valence-electron chi connectivity index (χ3n) is 3.73. The highest BCUT2D eigenvalue weighted by molar-refractivity contribution is 7.89. The van der Waals surface area contributed by atoms with Crippen LogP contribution in [0.1, 0.15) is 35.7 Å². The Labute approximate surface area is 143 Å². The molecule has 1 fully saturated rings. The predicted molar refractivity (Wildman–Crippen MR) is 92.6 cm³/mol. The summed E-state index contributed by atoms with van der Waals surface area (Å²) in [6.45, 7) is 5.56. The van der Waals surface area contributed by atoms with Crippen molar-refractivity contribution in [2.45, 2.75) is 37.6 Å². The van der Waals surface area contributed by atoms with E-state index in [0.29, 0.717) is 12.1 Å². The Morgan fingerprint density at radius 3 is 2.74 bits per heavy atom. The quantitative estimate of drug-likeness (QED) is 0.735. The molecule has 0 aliphatic carbocycles. The molecule has 1 aliphatic heterocycles. The van der Waals surface area contributed by atoms with Gasteiger partial charge in [-0.25, -0.2) is 13.1 Å². The van der Waals surface area contributed by atoms with Crippen LogP contribution in [0, 0.1) is 6.92 Å². The number of sulfonamides is 1. The molecule has 0 spiro atoms. The highest BCUT2D eigenvalue weighted by Crippen LogP contribution is 2.16. The van der Waals surface area contributed by atoms with E-state index in [-0.39, 0.29) is 29.3 Å². The second-order valence-corrected chi connectivity index (χ2v) is 7.26. The van der Waals surface area contributed by atoms with E-state index < -0.39 is 10.0 Å². The maximum atomic E-state index is 12.4. The molecule has 1 unspecified atom stereocenters. The number of rotatable bonds is 5. The van der Waals surface area contributed by atoms with Crippen LogP contribution in [0.3, 0.4) is 0 Å². The van der Waals surface area contributed by atoms with Crippen molar-refractivity contribution in [3.8, 4) is 0 Å². The van der Waals surface area contributed by atoms with E-state index in [1.807, 2.05) is 0 Å². The molecule has 23 heavy (non-hydrogen) atoms. The molecule has 1 heterocycles. The topological polar surface area (TPSA) is 87.3 Å². The number of benzene rings is 1. The molecule has 3 N–H and O–H groups in total. The van der Waals surface area contributed by atoms with Gasteiger partial charge >= 0.3 is 0 Å². The van der Waals surface area contributed by atoms with Crippen LogP contribution in [0.25, 0.3) is 0 Å². The van der Waals surface area contributed by atoms with Crippen molar-refractivity contribution in [2.75, 3.05) is 19.6 Å². The molecule has 2 rings (SSSR count). The van der Waals surface area contributed by atoms with Gasteiger partial charge < -0.3 is 10.6 Å². The molecule has 1 aromatic rings. The zero-order valence-corrected chi connectivity index (χ0v) is 15.0. The summed E-state index contributed by atoms with van der Waals surface area (Å²) in [5.41, 5.74) is 1.17. The first-order valence-electron chi connectivity index (χ1n) is 7.56. The summed E-state index contributed by atoms with van der Waals surface area (Å²) in [5, 5.41) is 6.21. The lowest BCUT2D eigenvalue weighted by Gasteiger charge is -2.24. The normalized spacial score (nSPS) is 18.1. The molecule has 0 aromatic heterocycles. The summed E-state index contributed by atoms with van der Waals surface area (Å²) in [6, 6.07) is 4.72. The summed E-state index contributed by atoms with van der Waals surface area (Å²) in [4.78, 5) is 12.5. The Hall–Kier alpha value is -1.15. The van der Waals surface area contributed by atoms with Crippen LogP contribution in [0.4, 0.5) is 0 Å². The molecule has 6 nitrogen and oxygen atoms in total. The number of nitrogens with one attached hydrogen (secondary N) is 3. The van der Waals surface area contributed by atoms with Crippen LogP contribution in [-0.2, 0) is 10.0 Å². The first kappa shape index (κ1) is 19.9. The van der Waals surface area contributed by atoms with Crippen molar-refractivity contribution in [1.29, 1.82) is 0 Å². The minimum Gasteiger partial charge on any atom is -0.348 e. The first-order valence-corrected chi connectivity index (χ1v) is 9.04. The number of halogens is 1. The van der Waals surface area contributed by atoms with Crippen molar-refractivity contribution >= 4 is 28.3 Å². The van der Waals surface area contributed by atoms with Crippen LogP contribution >= 0.6 is 12.4 Å². The second kappa shape index (κ2) is 8.63. The van der Waals surface area contributed by atoms with Crippen molar-refractivity contribution in [3.63, 3.8) is 0 Å².